The summed E-state index contributed by atoms with van der Waals surface area (Å²) in [5, 5.41) is 7.09. The number of rotatable bonds is 2. The van der Waals surface area contributed by atoms with Crippen LogP contribution in [0, 0.1) is 0 Å². The first-order chi connectivity index (χ1) is 11.2. The maximum Gasteiger partial charge on any atom is 0.131 e. The van der Waals surface area contributed by atoms with Crippen molar-refractivity contribution in [1.82, 2.24) is 5.32 Å². The van der Waals surface area contributed by atoms with Gasteiger partial charge in [0.25, 0.3) is 0 Å². The average Bonchev–Trinajstić information content (AvgIpc) is 2.62. The van der Waals surface area contributed by atoms with E-state index < -0.39 is 0 Å². The molecule has 2 aromatic carbocycles. The van der Waals surface area contributed by atoms with Crippen LogP contribution in [0.5, 0.6) is 0 Å². The van der Waals surface area contributed by atoms with Crippen LogP contribution in [0.3, 0.4) is 0 Å². The van der Waals surface area contributed by atoms with Crippen LogP contribution in [-0.4, -0.2) is 19.9 Å². The number of nitrogens with zero attached hydrogens (tertiary/aromatic N) is 1. The molecule has 1 atom stereocenters. The molecule has 0 saturated heterocycles. The summed E-state index contributed by atoms with van der Waals surface area (Å²) in [6.07, 6.45) is 0.0530. The molecule has 0 amide bonds. The zero-order valence-electron chi connectivity index (χ0n) is 14.3. The van der Waals surface area contributed by atoms with Crippen molar-refractivity contribution in [2.75, 3.05) is 19.4 Å². The van der Waals surface area contributed by atoms with Crippen molar-refractivity contribution in [1.29, 1.82) is 0 Å². The van der Waals surface area contributed by atoms with E-state index in [0.29, 0.717) is 5.92 Å². The van der Waals surface area contributed by atoms with Gasteiger partial charge in [-0.3, -0.25) is 4.99 Å². The molecule has 122 valence electrons. The van der Waals surface area contributed by atoms with Crippen molar-refractivity contribution in [2.24, 2.45) is 10.7 Å². The van der Waals surface area contributed by atoms with Crippen molar-refractivity contribution in [3.63, 3.8) is 0 Å². The first-order valence-electron chi connectivity index (χ1n) is 7.96. The van der Waals surface area contributed by atoms with Crippen LogP contribution >= 0.6 is 0 Å². The van der Waals surface area contributed by atoms with Crippen molar-refractivity contribution in [3.05, 3.63) is 65.2 Å². The smallest absolute Gasteiger partial charge is 0.131 e. The van der Waals surface area contributed by atoms with Gasteiger partial charge >= 0.3 is 0 Å². The van der Waals surface area contributed by atoms with E-state index in [2.05, 4.69) is 77.7 Å². The number of amidine groups is 1. The van der Waals surface area contributed by atoms with Crippen LogP contribution in [-0.2, 0) is 0 Å². The molecule has 1 heterocycles. The Balaban J connectivity index is 0.000000924. The number of hydrogen-bond donors (Lipinski definition) is 3. The maximum atomic E-state index is 4.50. The lowest BCUT2D eigenvalue weighted by Gasteiger charge is -2.32. The van der Waals surface area contributed by atoms with Crippen LogP contribution in [0.2, 0.25) is 0 Å². The fourth-order valence-corrected chi connectivity index (χ4v) is 2.86. The standard InChI is InChI=1S/C18H21N3.CH5N/c1-12(2)13-8-4-5-9-14(13)18-20-16-11-7-6-10-15(16)17(19-3)21-18;1-2/h4-12,18,20H,1-3H3,(H,19,21);2H2,1H3. The van der Waals surface area contributed by atoms with E-state index in [1.807, 2.05) is 13.1 Å². The molecule has 0 spiro atoms. The Kier molecular flexibility index (Phi) is 5.77. The van der Waals surface area contributed by atoms with Gasteiger partial charge < -0.3 is 16.4 Å². The summed E-state index contributed by atoms with van der Waals surface area (Å²) in [5.41, 5.74) is 9.39. The molecule has 0 fully saturated rings. The van der Waals surface area contributed by atoms with E-state index in [4.69, 9.17) is 0 Å². The molecule has 1 aliphatic rings. The second kappa shape index (κ2) is 7.79. The molecule has 4 N–H and O–H groups in total. The predicted octanol–water partition coefficient (Wildman–Crippen LogP) is 3.48. The van der Waals surface area contributed by atoms with E-state index >= 15 is 0 Å². The molecule has 1 aliphatic heterocycles. The van der Waals surface area contributed by atoms with Gasteiger partial charge in [-0.25, -0.2) is 0 Å². The second-order valence-electron chi connectivity index (χ2n) is 5.62. The zero-order valence-corrected chi connectivity index (χ0v) is 14.3. The van der Waals surface area contributed by atoms with Gasteiger partial charge in [0, 0.05) is 18.3 Å². The molecule has 0 radical (unpaired) electrons. The molecule has 4 nitrogen and oxygen atoms in total. The highest BCUT2D eigenvalue weighted by Gasteiger charge is 2.24. The monoisotopic (exact) mass is 310 g/mol. The van der Waals surface area contributed by atoms with Crippen molar-refractivity contribution in [3.8, 4) is 0 Å². The van der Waals surface area contributed by atoms with Gasteiger partial charge in [0.15, 0.2) is 0 Å². The fraction of sp³-hybridized carbons (Fsp3) is 0.316. The van der Waals surface area contributed by atoms with E-state index in [1.54, 1.807) is 0 Å². The van der Waals surface area contributed by atoms with Gasteiger partial charge in [-0.05, 0) is 36.2 Å². The molecular weight excluding hydrogens is 284 g/mol. The molecule has 1 unspecified atom stereocenters. The Morgan fingerprint density at radius 2 is 1.61 bits per heavy atom. The summed E-state index contributed by atoms with van der Waals surface area (Å²) in [6.45, 7) is 4.45. The maximum absolute atomic E-state index is 4.50. The summed E-state index contributed by atoms with van der Waals surface area (Å²) in [4.78, 5) is 4.40. The highest BCUT2D eigenvalue weighted by Crippen LogP contribution is 2.30. The largest absolute Gasteiger partial charge is 0.361 e. The zero-order chi connectivity index (χ0) is 16.8. The minimum absolute atomic E-state index is 0.0530. The van der Waals surface area contributed by atoms with Gasteiger partial charge in [-0.15, -0.1) is 0 Å². The van der Waals surface area contributed by atoms with Crippen molar-refractivity contribution < 1.29 is 0 Å². The Morgan fingerprint density at radius 3 is 2.30 bits per heavy atom. The molecule has 3 rings (SSSR count). The number of fused-ring (bicyclic) bond motifs is 1. The highest BCUT2D eigenvalue weighted by atomic mass is 15.2. The number of anilines is 1. The lowest BCUT2D eigenvalue weighted by molar-refractivity contribution is 0.696. The number of aliphatic imine (C=N–C) groups is 1. The van der Waals surface area contributed by atoms with E-state index in [9.17, 15) is 0 Å². The van der Waals surface area contributed by atoms with Crippen LogP contribution in [0.25, 0.3) is 0 Å². The Morgan fingerprint density at radius 1 is 0.957 bits per heavy atom. The summed E-state index contributed by atoms with van der Waals surface area (Å²) in [5.74, 6) is 1.43. The first-order valence-corrected chi connectivity index (χ1v) is 7.96. The Hall–Kier alpha value is -2.33. The topological polar surface area (TPSA) is 62.4 Å². The molecule has 0 aliphatic carbocycles. The van der Waals surface area contributed by atoms with Crippen molar-refractivity contribution >= 4 is 11.5 Å². The number of nitrogens with one attached hydrogen (secondary N) is 2. The van der Waals surface area contributed by atoms with Crippen molar-refractivity contribution in [2.45, 2.75) is 25.9 Å². The molecular formula is C19H26N4. The van der Waals surface area contributed by atoms with Gasteiger partial charge in [-0.1, -0.05) is 50.2 Å². The van der Waals surface area contributed by atoms with Gasteiger partial charge in [-0.2, -0.15) is 0 Å². The summed E-state index contributed by atoms with van der Waals surface area (Å²) in [6, 6.07) is 16.9. The average molecular weight is 310 g/mol. The third kappa shape index (κ3) is 3.54. The van der Waals surface area contributed by atoms with Gasteiger partial charge in [0.2, 0.25) is 0 Å². The van der Waals surface area contributed by atoms with Crippen LogP contribution < -0.4 is 16.4 Å². The summed E-state index contributed by atoms with van der Waals surface area (Å²) >= 11 is 0. The quantitative estimate of drug-likeness (QED) is 0.796. The number of benzene rings is 2. The SMILES string of the molecule is CN.CN=C1NC(c2ccccc2C(C)C)Nc2ccccc21. The molecule has 2 aromatic rings. The van der Waals surface area contributed by atoms with Gasteiger partial charge in [0.1, 0.15) is 12.0 Å². The normalized spacial score (nSPS) is 17.7. The Bertz CT molecular complexity index is 677. The number of para-hydroxylation sites is 1. The third-order valence-electron chi connectivity index (χ3n) is 3.92. The molecule has 0 bridgehead atoms. The van der Waals surface area contributed by atoms with Crippen LogP contribution in [0.15, 0.2) is 53.5 Å². The highest BCUT2D eigenvalue weighted by molar-refractivity contribution is 6.05. The van der Waals surface area contributed by atoms with Crippen LogP contribution in [0.4, 0.5) is 5.69 Å². The number of nitrogens with two attached hydrogens (primary N) is 1. The minimum atomic E-state index is 0.0530. The van der Waals surface area contributed by atoms with Gasteiger partial charge in [0.05, 0.1) is 0 Å². The molecule has 4 heteroatoms. The first kappa shape index (κ1) is 17.0. The van der Waals surface area contributed by atoms with E-state index in [0.717, 1.165) is 17.1 Å². The molecule has 0 saturated carbocycles. The summed E-state index contributed by atoms with van der Waals surface area (Å²) < 4.78 is 0. The second-order valence-corrected chi connectivity index (χ2v) is 5.62. The molecule has 0 aromatic heterocycles. The van der Waals surface area contributed by atoms with E-state index in [1.165, 1.54) is 18.2 Å². The predicted molar refractivity (Wildman–Crippen MR) is 99.0 cm³/mol. The third-order valence-corrected chi connectivity index (χ3v) is 3.92. The Labute approximate surface area is 138 Å². The summed E-state index contributed by atoms with van der Waals surface area (Å²) in [7, 11) is 3.33. The van der Waals surface area contributed by atoms with E-state index in [-0.39, 0.29) is 6.17 Å². The lowest BCUT2D eigenvalue weighted by Crippen LogP contribution is -2.39. The minimum Gasteiger partial charge on any atom is -0.361 e. The fourth-order valence-electron chi connectivity index (χ4n) is 2.86. The number of hydrogen-bond acceptors (Lipinski definition) is 3. The molecule has 23 heavy (non-hydrogen) atoms. The van der Waals surface area contributed by atoms with Crippen LogP contribution in [0.1, 0.15) is 42.6 Å². The lowest BCUT2D eigenvalue weighted by atomic mass is 9.94.